The van der Waals surface area contributed by atoms with Crippen molar-refractivity contribution in [1.82, 2.24) is 0 Å². The van der Waals surface area contributed by atoms with Crippen LogP contribution in [0, 0.1) is 17.5 Å². The summed E-state index contributed by atoms with van der Waals surface area (Å²) in [5.74, 6) is -3.13. The lowest BCUT2D eigenvalue weighted by atomic mass is 10.2. The SMILES string of the molecule is Oc1cccc(CNc2cc(F)c(F)cc2F)c1. The molecule has 0 aromatic heterocycles. The zero-order chi connectivity index (χ0) is 13.1. The molecule has 0 bridgehead atoms. The number of anilines is 1. The molecule has 5 heteroatoms. The van der Waals surface area contributed by atoms with Gasteiger partial charge in [0.2, 0.25) is 0 Å². The summed E-state index contributed by atoms with van der Waals surface area (Å²) in [5.41, 5.74) is 0.566. The maximum atomic E-state index is 13.3. The molecule has 2 aromatic carbocycles. The first-order valence-corrected chi connectivity index (χ1v) is 5.22. The molecular formula is C13H10F3NO. The Morgan fingerprint density at radius 1 is 0.944 bits per heavy atom. The summed E-state index contributed by atoms with van der Waals surface area (Å²) in [6.07, 6.45) is 0. The highest BCUT2D eigenvalue weighted by Gasteiger charge is 2.09. The topological polar surface area (TPSA) is 32.3 Å². The number of rotatable bonds is 3. The lowest BCUT2D eigenvalue weighted by Gasteiger charge is -2.08. The number of aromatic hydroxyl groups is 1. The summed E-state index contributed by atoms with van der Waals surface area (Å²) < 4.78 is 38.9. The fourth-order valence-electron chi connectivity index (χ4n) is 1.52. The predicted octanol–water partition coefficient (Wildman–Crippen LogP) is 3.42. The number of nitrogens with one attached hydrogen (secondary N) is 1. The third kappa shape index (κ3) is 2.74. The summed E-state index contributed by atoms with van der Waals surface area (Å²) in [6.45, 7) is 0.191. The minimum absolute atomic E-state index is 0.0834. The van der Waals surface area contributed by atoms with Crippen molar-refractivity contribution in [2.24, 2.45) is 0 Å². The Morgan fingerprint density at radius 2 is 1.67 bits per heavy atom. The average Bonchev–Trinajstić information content (AvgIpc) is 2.32. The van der Waals surface area contributed by atoms with E-state index in [1.807, 2.05) is 0 Å². The zero-order valence-electron chi connectivity index (χ0n) is 9.25. The number of halogens is 3. The highest BCUT2D eigenvalue weighted by Crippen LogP contribution is 2.19. The van der Waals surface area contributed by atoms with Gasteiger partial charge < -0.3 is 10.4 Å². The maximum absolute atomic E-state index is 13.3. The van der Waals surface area contributed by atoms with Gasteiger partial charge in [-0.2, -0.15) is 0 Å². The summed E-state index contributed by atoms with van der Waals surface area (Å²) >= 11 is 0. The molecule has 0 radical (unpaired) electrons. The average molecular weight is 253 g/mol. The summed E-state index contributed by atoms with van der Waals surface area (Å²) in [6, 6.07) is 7.58. The molecule has 94 valence electrons. The first kappa shape index (κ1) is 12.3. The van der Waals surface area contributed by atoms with Gasteiger partial charge in [0.1, 0.15) is 11.6 Å². The monoisotopic (exact) mass is 253 g/mol. The van der Waals surface area contributed by atoms with Crippen LogP contribution in [-0.2, 0) is 6.54 Å². The van der Waals surface area contributed by atoms with Crippen molar-refractivity contribution in [1.29, 1.82) is 0 Å². The molecule has 0 atom stereocenters. The second kappa shape index (κ2) is 5.00. The van der Waals surface area contributed by atoms with Crippen LogP contribution in [0.1, 0.15) is 5.56 Å². The first-order chi connectivity index (χ1) is 8.56. The predicted molar refractivity (Wildman–Crippen MR) is 61.7 cm³/mol. The molecule has 2 N–H and O–H groups in total. The van der Waals surface area contributed by atoms with Crippen molar-refractivity contribution in [3.63, 3.8) is 0 Å². The molecule has 0 fully saturated rings. The first-order valence-electron chi connectivity index (χ1n) is 5.22. The van der Waals surface area contributed by atoms with E-state index in [2.05, 4.69) is 5.32 Å². The Hall–Kier alpha value is -2.17. The molecule has 0 saturated heterocycles. The second-order valence-corrected chi connectivity index (χ2v) is 3.77. The van der Waals surface area contributed by atoms with E-state index in [1.54, 1.807) is 12.1 Å². The van der Waals surface area contributed by atoms with Gasteiger partial charge in [-0.1, -0.05) is 12.1 Å². The van der Waals surface area contributed by atoms with Gasteiger partial charge in [-0.15, -0.1) is 0 Å². The van der Waals surface area contributed by atoms with Crippen molar-refractivity contribution in [2.45, 2.75) is 6.54 Å². The molecule has 2 rings (SSSR count). The third-order valence-electron chi connectivity index (χ3n) is 2.40. The maximum Gasteiger partial charge on any atom is 0.161 e. The van der Waals surface area contributed by atoms with Crippen LogP contribution >= 0.6 is 0 Å². The van der Waals surface area contributed by atoms with Crippen LogP contribution in [0.2, 0.25) is 0 Å². The molecule has 0 amide bonds. The Balaban J connectivity index is 2.13. The number of phenols is 1. The summed E-state index contributed by atoms with van der Waals surface area (Å²) in [5, 5.41) is 11.9. The van der Waals surface area contributed by atoms with E-state index in [1.165, 1.54) is 12.1 Å². The molecule has 0 unspecified atom stereocenters. The number of benzene rings is 2. The van der Waals surface area contributed by atoms with E-state index >= 15 is 0 Å². The highest BCUT2D eigenvalue weighted by atomic mass is 19.2. The summed E-state index contributed by atoms with van der Waals surface area (Å²) in [4.78, 5) is 0. The molecule has 0 aliphatic carbocycles. The Kier molecular flexibility index (Phi) is 3.41. The van der Waals surface area contributed by atoms with Crippen LogP contribution in [0.4, 0.5) is 18.9 Å². The van der Waals surface area contributed by atoms with Crippen LogP contribution in [0.5, 0.6) is 5.75 Å². The lowest BCUT2D eigenvalue weighted by Crippen LogP contribution is -2.02. The van der Waals surface area contributed by atoms with Crippen LogP contribution in [0.15, 0.2) is 36.4 Å². The smallest absolute Gasteiger partial charge is 0.161 e. The minimum Gasteiger partial charge on any atom is -0.508 e. The van der Waals surface area contributed by atoms with E-state index < -0.39 is 17.5 Å². The van der Waals surface area contributed by atoms with E-state index in [9.17, 15) is 18.3 Å². The van der Waals surface area contributed by atoms with Crippen molar-refractivity contribution in [2.75, 3.05) is 5.32 Å². The van der Waals surface area contributed by atoms with Crippen molar-refractivity contribution in [3.05, 3.63) is 59.4 Å². The highest BCUT2D eigenvalue weighted by molar-refractivity contribution is 5.46. The van der Waals surface area contributed by atoms with Crippen molar-refractivity contribution in [3.8, 4) is 5.75 Å². The van der Waals surface area contributed by atoms with Crippen molar-refractivity contribution < 1.29 is 18.3 Å². The van der Waals surface area contributed by atoms with Crippen LogP contribution in [0.3, 0.4) is 0 Å². The van der Waals surface area contributed by atoms with E-state index in [0.29, 0.717) is 11.6 Å². The Labute approximate surface area is 102 Å². The van der Waals surface area contributed by atoms with Gasteiger partial charge in [0.05, 0.1) is 5.69 Å². The van der Waals surface area contributed by atoms with E-state index in [4.69, 9.17) is 0 Å². The normalized spacial score (nSPS) is 10.4. The molecule has 0 aliphatic heterocycles. The number of hydrogen-bond acceptors (Lipinski definition) is 2. The van der Waals surface area contributed by atoms with Gasteiger partial charge in [0.15, 0.2) is 11.6 Å². The third-order valence-corrected chi connectivity index (χ3v) is 2.40. The van der Waals surface area contributed by atoms with Crippen molar-refractivity contribution >= 4 is 5.69 Å². The molecule has 18 heavy (non-hydrogen) atoms. The van der Waals surface area contributed by atoms with Gasteiger partial charge in [-0.3, -0.25) is 0 Å². The van der Waals surface area contributed by atoms with Gasteiger partial charge in [0.25, 0.3) is 0 Å². The fraction of sp³-hybridized carbons (Fsp3) is 0.0769. The van der Waals surface area contributed by atoms with Crippen LogP contribution in [0.25, 0.3) is 0 Å². The van der Waals surface area contributed by atoms with Gasteiger partial charge in [0, 0.05) is 18.7 Å². The largest absolute Gasteiger partial charge is 0.508 e. The molecule has 0 heterocycles. The standard InChI is InChI=1S/C13H10F3NO/c14-10-5-12(16)13(6-11(10)15)17-7-8-2-1-3-9(18)4-8/h1-6,17-18H,7H2. The number of hydrogen-bond donors (Lipinski definition) is 2. The van der Waals surface area contributed by atoms with Gasteiger partial charge in [-0.05, 0) is 17.7 Å². The zero-order valence-corrected chi connectivity index (χ0v) is 9.25. The van der Waals surface area contributed by atoms with E-state index in [-0.39, 0.29) is 18.0 Å². The van der Waals surface area contributed by atoms with Gasteiger partial charge >= 0.3 is 0 Å². The quantitative estimate of drug-likeness (QED) is 0.821. The Bertz CT molecular complexity index is 572. The lowest BCUT2D eigenvalue weighted by molar-refractivity contribution is 0.474. The molecule has 0 aliphatic rings. The van der Waals surface area contributed by atoms with Crippen LogP contribution < -0.4 is 5.32 Å². The van der Waals surface area contributed by atoms with Gasteiger partial charge in [-0.25, -0.2) is 13.2 Å². The molecule has 0 spiro atoms. The Morgan fingerprint density at radius 3 is 2.39 bits per heavy atom. The summed E-state index contributed by atoms with van der Waals surface area (Å²) in [7, 11) is 0. The number of phenolic OH excluding ortho intramolecular Hbond substituents is 1. The molecule has 2 nitrogen and oxygen atoms in total. The molecule has 2 aromatic rings. The fourth-order valence-corrected chi connectivity index (χ4v) is 1.52. The molecular weight excluding hydrogens is 243 g/mol. The molecule has 0 saturated carbocycles. The van der Waals surface area contributed by atoms with Crippen LogP contribution in [-0.4, -0.2) is 5.11 Å². The minimum atomic E-state index is -1.23. The van der Waals surface area contributed by atoms with E-state index in [0.717, 1.165) is 6.07 Å². The second-order valence-electron chi connectivity index (χ2n) is 3.77.